The van der Waals surface area contributed by atoms with Crippen LogP contribution >= 0.6 is 0 Å². The lowest BCUT2D eigenvalue weighted by Crippen LogP contribution is -2.20. The highest BCUT2D eigenvalue weighted by atomic mass is 19.1. The second-order valence-electron chi connectivity index (χ2n) is 5.09. The first-order chi connectivity index (χ1) is 9.26. The Balaban J connectivity index is 1.82. The zero-order valence-corrected chi connectivity index (χ0v) is 10.7. The predicted molar refractivity (Wildman–Crippen MR) is 70.5 cm³/mol. The number of rotatable bonds is 3. The molecule has 0 amide bonds. The summed E-state index contributed by atoms with van der Waals surface area (Å²) < 4.78 is 15.0. The Bertz CT molecular complexity index is 562. The molecule has 1 aromatic heterocycles. The molecule has 1 unspecified atom stereocenters. The molecule has 2 aromatic rings. The molecule has 4 heteroatoms. The summed E-state index contributed by atoms with van der Waals surface area (Å²) in [6, 6.07) is 6.69. The van der Waals surface area contributed by atoms with Crippen LogP contribution in [0.25, 0.3) is 0 Å². The van der Waals surface area contributed by atoms with Crippen molar-refractivity contribution in [2.45, 2.75) is 31.7 Å². The minimum absolute atomic E-state index is 0.165. The first-order valence-corrected chi connectivity index (χ1v) is 6.68. The lowest BCUT2D eigenvalue weighted by atomic mass is 10.1. The highest BCUT2D eigenvalue weighted by Crippen LogP contribution is 2.25. The topological polar surface area (TPSA) is 38.1 Å². The average Bonchev–Trinajstić information content (AvgIpc) is 2.83. The summed E-state index contributed by atoms with van der Waals surface area (Å²) in [6.45, 7) is 0.166. The molecule has 0 saturated carbocycles. The number of aromatic nitrogens is 2. The Morgan fingerprint density at radius 2 is 2.11 bits per heavy atom. The summed E-state index contributed by atoms with van der Waals surface area (Å²) >= 11 is 0. The monoisotopic (exact) mass is 260 g/mol. The number of aliphatic hydroxyl groups is 1. The van der Waals surface area contributed by atoms with Crippen molar-refractivity contribution >= 4 is 0 Å². The van der Waals surface area contributed by atoms with Crippen LogP contribution in [0.4, 0.5) is 4.39 Å². The lowest BCUT2D eigenvalue weighted by molar-refractivity contribution is 0.206. The second kappa shape index (κ2) is 5.13. The molecule has 1 N–H and O–H groups in total. The molecule has 0 saturated heterocycles. The smallest absolute Gasteiger partial charge is 0.123 e. The van der Waals surface area contributed by atoms with E-state index in [4.69, 9.17) is 0 Å². The third kappa shape index (κ3) is 2.54. The molecule has 3 rings (SSSR count). The van der Waals surface area contributed by atoms with Gasteiger partial charge in [-0.2, -0.15) is 0 Å². The van der Waals surface area contributed by atoms with Crippen molar-refractivity contribution < 1.29 is 9.50 Å². The van der Waals surface area contributed by atoms with Gasteiger partial charge in [-0.15, -0.1) is 0 Å². The average molecular weight is 260 g/mol. The lowest BCUT2D eigenvalue weighted by Gasteiger charge is -2.22. The van der Waals surface area contributed by atoms with Gasteiger partial charge in [-0.3, -0.25) is 0 Å². The van der Waals surface area contributed by atoms with Gasteiger partial charge in [0.05, 0.1) is 18.3 Å². The van der Waals surface area contributed by atoms with Crippen LogP contribution in [0.3, 0.4) is 0 Å². The maximum Gasteiger partial charge on any atom is 0.123 e. The van der Waals surface area contributed by atoms with Crippen LogP contribution in [0.5, 0.6) is 0 Å². The van der Waals surface area contributed by atoms with Crippen LogP contribution in [0.1, 0.15) is 36.0 Å². The normalized spacial score (nSPS) is 18.3. The van der Waals surface area contributed by atoms with E-state index in [1.54, 1.807) is 12.1 Å². The van der Waals surface area contributed by atoms with Crippen molar-refractivity contribution in [2.75, 3.05) is 6.61 Å². The van der Waals surface area contributed by atoms with Crippen LogP contribution < -0.4 is 0 Å². The van der Waals surface area contributed by atoms with Gasteiger partial charge in [0.2, 0.25) is 0 Å². The van der Waals surface area contributed by atoms with Crippen molar-refractivity contribution in [1.82, 2.24) is 9.55 Å². The van der Waals surface area contributed by atoms with Crippen LogP contribution in [-0.2, 0) is 12.8 Å². The number of nitrogens with zero attached hydrogens (tertiary/aromatic N) is 2. The van der Waals surface area contributed by atoms with Gasteiger partial charge in [0, 0.05) is 19.0 Å². The molecule has 0 bridgehead atoms. The van der Waals surface area contributed by atoms with Gasteiger partial charge in [0.15, 0.2) is 0 Å². The Morgan fingerprint density at radius 3 is 2.84 bits per heavy atom. The number of imidazole rings is 1. The van der Waals surface area contributed by atoms with Crippen LogP contribution in [-0.4, -0.2) is 21.3 Å². The van der Waals surface area contributed by atoms with E-state index in [1.165, 1.54) is 12.1 Å². The molecule has 0 fully saturated rings. The first-order valence-electron chi connectivity index (χ1n) is 6.68. The van der Waals surface area contributed by atoms with E-state index >= 15 is 0 Å². The van der Waals surface area contributed by atoms with E-state index in [1.807, 2.05) is 6.20 Å². The summed E-state index contributed by atoms with van der Waals surface area (Å²) in [5.74, 6) is 0.843. The molecule has 1 aromatic carbocycles. The number of fused-ring (bicyclic) bond motifs is 1. The highest BCUT2D eigenvalue weighted by molar-refractivity contribution is 5.22. The summed E-state index contributed by atoms with van der Waals surface area (Å²) in [4.78, 5) is 4.62. The number of benzene rings is 1. The standard InChI is InChI=1S/C15H17FN2O/c16-12-6-4-11(5-7-12)8-13-9-18-14(10-19)2-1-3-15(18)17-13/h4-7,9,14,19H,1-3,8,10H2. The molecule has 1 aliphatic heterocycles. The maximum atomic E-state index is 12.9. The zero-order valence-electron chi connectivity index (χ0n) is 10.7. The van der Waals surface area contributed by atoms with Gasteiger partial charge in [-0.25, -0.2) is 9.37 Å². The van der Waals surface area contributed by atoms with Crippen molar-refractivity contribution in [3.8, 4) is 0 Å². The van der Waals surface area contributed by atoms with Crippen LogP contribution in [0.2, 0.25) is 0 Å². The molecular weight excluding hydrogens is 243 g/mol. The number of halogens is 1. The van der Waals surface area contributed by atoms with Crippen molar-refractivity contribution in [3.63, 3.8) is 0 Å². The van der Waals surface area contributed by atoms with Crippen molar-refractivity contribution in [2.24, 2.45) is 0 Å². The fraction of sp³-hybridized carbons (Fsp3) is 0.400. The van der Waals surface area contributed by atoms with Gasteiger partial charge in [-0.05, 0) is 30.5 Å². The molecule has 1 atom stereocenters. The van der Waals surface area contributed by atoms with Crippen LogP contribution in [0.15, 0.2) is 30.5 Å². The van der Waals surface area contributed by atoms with Gasteiger partial charge in [0.1, 0.15) is 11.6 Å². The Morgan fingerprint density at radius 1 is 1.32 bits per heavy atom. The first kappa shape index (κ1) is 12.4. The summed E-state index contributed by atoms with van der Waals surface area (Å²) in [6.07, 6.45) is 5.80. The fourth-order valence-corrected chi connectivity index (χ4v) is 2.70. The predicted octanol–water partition coefficient (Wildman–Crippen LogP) is 2.48. The third-order valence-electron chi connectivity index (χ3n) is 3.70. The summed E-state index contributed by atoms with van der Waals surface area (Å²) in [5.41, 5.74) is 2.04. The highest BCUT2D eigenvalue weighted by Gasteiger charge is 2.20. The number of hydrogen-bond donors (Lipinski definition) is 1. The Labute approximate surface area is 111 Å². The minimum Gasteiger partial charge on any atom is -0.394 e. The third-order valence-corrected chi connectivity index (χ3v) is 3.70. The van der Waals surface area contributed by atoms with Crippen molar-refractivity contribution in [1.29, 1.82) is 0 Å². The van der Waals surface area contributed by atoms with E-state index in [2.05, 4.69) is 9.55 Å². The zero-order chi connectivity index (χ0) is 13.2. The molecule has 19 heavy (non-hydrogen) atoms. The largest absolute Gasteiger partial charge is 0.394 e. The Hall–Kier alpha value is -1.68. The molecular formula is C15H17FN2O. The van der Waals surface area contributed by atoms with E-state index in [-0.39, 0.29) is 18.5 Å². The molecule has 0 radical (unpaired) electrons. The van der Waals surface area contributed by atoms with Gasteiger partial charge in [-0.1, -0.05) is 12.1 Å². The van der Waals surface area contributed by atoms with Gasteiger partial charge in [0.25, 0.3) is 0 Å². The molecule has 100 valence electrons. The van der Waals surface area contributed by atoms with Crippen LogP contribution in [0, 0.1) is 5.82 Å². The van der Waals surface area contributed by atoms with E-state index in [0.29, 0.717) is 6.42 Å². The summed E-state index contributed by atoms with van der Waals surface area (Å²) in [5, 5.41) is 9.38. The van der Waals surface area contributed by atoms with Gasteiger partial charge < -0.3 is 9.67 Å². The Kier molecular flexibility index (Phi) is 3.34. The number of aliphatic hydroxyl groups excluding tert-OH is 1. The van der Waals surface area contributed by atoms with Crippen molar-refractivity contribution in [3.05, 3.63) is 53.4 Å². The fourth-order valence-electron chi connectivity index (χ4n) is 2.70. The quantitative estimate of drug-likeness (QED) is 0.920. The second-order valence-corrected chi connectivity index (χ2v) is 5.09. The minimum atomic E-state index is -0.215. The SMILES string of the molecule is OCC1CCCc2nc(Cc3ccc(F)cc3)cn21. The molecule has 1 aliphatic rings. The number of aryl methyl sites for hydroxylation is 1. The molecule has 0 spiro atoms. The molecule has 2 heterocycles. The van der Waals surface area contributed by atoms with Gasteiger partial charge >= 0.3 is 0 Å². The summed E-state index contributed by atoms with van der Waals surface area (Å²) in [7, 11) is 0. The van der Waals surface area contributed by atoms with E-state index in [0.717, 1.165) is 36.3 Å². The van der Waals surface area contributed by atoms with E-state index < -0.39 is 0 Å². The molecule has 3 nitrogen and oxygen atoms in total. The van der Waals surface area contributed by atoms with E-state index in [9.17, 15) is 9.50 Å². The molecule has 0 aliphatic carbocycles. The number of hydrogen-bond acceptors (Lipinski definition) is 2. The maximum absolute atomic E-state index is 12.9.